The summed E-state index contributed by atoms with van der Waals surface area (Å²) in [5, 5.41) is 11.9. The molecule has 0 unspecified atom stereocenters. The van der Waals surface area contributed by atoms with Crippen LogP contribution in [0.2, 0.25) is 0 Å². The highest BCUT2D eigenvalue weighted by Gasteiger charge is 2.15. The van der Waals surface area contributed by atoms with Crippen LogP contribution in [0.4, 0.5) is 10.1 Å². The largest absolute Gasteiger partial charge is 0.494 e. The van der Waals surface area contributed by atoms with Crippen molar-refractivity contribution in [2.75, 3.05) is 0 Å². The van der Waals surface area contributed by atoms with Crippen molar-refractivity contribution in [1.29, 1.82) is 0 Å². The highest BCUT2D eigenvalue weighted by molar-refractivity contribution is 6.02. The van der Waals surface area contributed by atoms with E-state index < -0.39 is 0 Å². The number of para-hydroxylation sites is 1. The first-order valence-electron chi connectivity index (χ1n) is 8.37. The summed E-state index contributed by atoms with van der Waals surface area (Å²) in [4.78, 5) is 17.3. The van der Waals surface area contributed by atoms with Crippen molar-refractivity contribution >= 4 is 22.7 Å². The summed E-state index contributed by atoms with van der Waals surface area (Å²) >= 11 is 0. The van der Waals surface area contributed by atoms with E-state index in [2.05, 4.69) is 4.99 Å². The fourth-order valence-corrected chi connectivity index (χ4v) is 2.97. The molecule has 0 saturated carbocycles. The number of hydrogen-bond donors (Lipinski definition) is 1. The maximum absolute atomic E-state index is 13.1. The summed E-state index contributed by atoms with van der Waals surface area (Å²) in [5.74, 6) is -0.546. The molecular formula is C22H15FN2O2. The molecule has 0 aliphatic rings. The van der Waals surface area contributed by atoms with Crippen LogP contribution in [0.3, 0.4) is 0 Å². The lowest BCUT2D eigenvalue weighted by molar-refractivity contribution is 0.436. The zero-order chi connectivity index (χ0) is 18.8. The Morgan fingerprint density at radius 2 is 1.48 bits per heavy atom. The minimum absolute atomic E-state index is 0.198. The lowest BCUT2D eigenvalue weighted by atomic mass is 10.1. The number of aliphatic imine (C=N–C) groups is 1. The highest BCUT2D eigenvalue weighted by atomic mass is 19.1. The molecule has 1 N–H and O–H groups in total. The Labute approximate surface area is 154 Å². The van der Waals surface area contributed by atoms with Crippen LogP contribution in [0.1, 0.15) is 5.56 Å². The van der Waals surface area contributed by atoms with Crippen molar-refractivity contribution in [3.05, 3.63) is 101 Å². The van der Waals surface area contributed by atoms with Gasteiger partial charge in [0.15, 0.2) is 0 Å². The zero-order valence-electron chi connectivity index (χ0n) is 14.2. The second kappa shape index (κ2) is 6.88. The molecule has 4 rings (SSSR count). The first kappa shape index (κ1) is 16.7. The van der Waals surface area contributed by atoms with Crippen LogP contribution in [0.15, 0.2) is 88.6 Å². The number of nitrogens with zero attached hydrogens (tertiary/aromatic N) is 2. The van der Waals surface area contributed by atoms with Crippen LogP contribution in [-0.4, -0.2) is 15.9 Å². The van der Waals surface area contributed by atoms with Crippen LogP contribution in [0.25, 0.3) is 16.5 Å². The molecular weight excluding hydrogens is 343 g/mol. The van der Waals surface area contributed by atoms with E-state index in [0.717, 1.165) is 0 Å². The Morgan fingerprint density at radius 3 is 2.19 bits per heavy atom. The van der Waals surface area contributed by atoms with Gasteiger partial charge in [0, 0.05) is 17.0 Å². The number of halogens is 1. The summed E-state index contributed by atoms with van der Waals surface area (Å²) in [5.41, 5.74) is 1.20. The highest BCUT2D eigenvalue weighted by Crippen LogP contribution is 2.26. The first-order chi connectivity index (χ1) is 13.1. The van der Waals surface area contributed by atoms with E-state index in [0.29, 0.717) is 27.7 Å². The standard InChI is InChI=1S/C22H15FN2O2/c23-15-10-12-16(13-11-15)24-14-20-18-8-4-5-9-19(18)21(26)25(22(20)27)17-6-2-1-3-7-17/h1-14,27H. The number of aromatic nitrogens is 1. The Hall–Kier alpha value is -3.73. The van der Waals surface area contributed by atoms with Crippen LogP contribution in [-0.2, 0) is 0 Å². The monoisotopic (exact) mass is 358 g/mol. The Bertz CT molecular complexity index is 1200. The molecule has 0 saturated heterocycles. The van der Waals surface area contributed by atoms with Crippen molar-refractivity contribution < 1.29 is 9.50 Å². The van der Waals surface area contributed by atoms with E-state index in [9.17, 15) is 14.3 Å². The summed E-state index contributed by atoms with van der Waals surface area (Å²) in [6.45, 7) is 0. The van der Waals surface area contributed by atoms with Crippen molar-refractivity contribution in [2.24, 2.45) is 4.99 Å². The third-order valence-electron chi connectivity index (χ3n) is 4.29. The van der Waals surface area contributed by atoms with E-state index in [-0.39, 0.29) is 17.3 Å². The van der Waals surface area contributed by atoms with Gasteiger partial charge in [-0.2, -0.15) is 0 Å². The van der Waals surface area contributed by atoms with E-state index in [1.165, 1.54) is 35.0 Å². The molecule has 0 atom stereocenters. The van der Waals surface area contributed by atoms with Gasteiger partial charge in [0.05, 0.1) is 16.9 Å². The molecule has 27 heavy (non-hydrogen) atoms. The molecule has 1 aromatic heterocycles. The fraction of sp³-hybridized carbons (Fsp3) is 0. The number of hydrogen-bond acceptors (Lipinski definition) is 3. The second-order valence-corrected chi connectivity index (χ2v) is 5.99. The van der Waals surface area contributed by atoms with Gasteiger partial charge >= 0.3 is 0 Å². The van der Waals surface area contributed by atoms with Crippen LogP contribution >= 0.6 is 0 Å². The molecule has 5 heteroatoms. The van der Waals surface area contributed by atoms with Gasteiger partial charge in [0.25, 0.3) is 5.56 Å². The molecule has 3 aromatic carbocycles. The van der Waals surface area contributed by atoms with Gasteiger partial charge in [-0.1, -0.05) is 36.4 Å². The average Bonchev–Trinajstić information content (AvgIpc) is 2.70. The fourth-order valence-electron chi connectivity index (χ4n) is 2.97. The molecule has 4 aromatic rings. The minimum atomic E-state index is -0.347. The normalized spacial score (nSPS) is 11.3. The molecule has 4 nitrogen and oxygen atoms in total. The second-order valence-electron chi connectivity index (χ2n) is 5.99. The maximum Gasteiger partial charge on any atom is 0.265 e. The molecule has 1 heterocycles. The molecule has 0 spiro atoms. The van der Waals surface area contributed by atoms with Crippen LogP contribution in [0.5, 0.6) is 5.88 Å². The third-order valence-corrected chi connectivity index (χ3v) is 4.29. The van der Waals surface area contributed by atoms with Crippen molar-refractivity contribution in [2.45, 2.75) is 0 Å². The smallest absolute Gasteiger partial charge is 0.265 e. The van der Waals surface area contributed by atoms with Crippen molar-refractivity contribution in [1.82, 2.24) is 4.57 Å². The van der Waals surface area contributed by atoms with Gasteiger partial charge < -0.3 is 5.11 Å². The van der Waals surface area contributed by atoms with E-state index in [1.54, 1.807) is 48.5 Å². The molecule has 0 fully saturated rings. The number of pyridine rings is 1. The quantitative estimate of drug-likeness (QED) is 0.545. The first-order valence-corrected chi connectivity index (χ1v) is 8.37. The summed E-state index contributed by atoms with van der Waals surface area (Å²) in [6.07, 6.45) is 1.49. The van der Waals surface area contributed by atoms with Gasteiger partial charge in [0.2, 0.25) is 5.88 Å². The third kappa shape index (κ3) is 3.11. The predicted molar refractivity (Wildman–Crippen MR) is 105 cm³/mol. The van der Waals surface area contributed by atoms with Gasteiger partial charge in [0.1, 0.15) is 5.82 Å². The van der Waals surface area contributed by atoms with E-state index >= 15 is 0 Å². The predicted octanol–water partition coefficient (Wildman–Crippen LogP) is 4.59. The maximum atomic E-state index is 13.1. The lowest BCUT2D eigenvalue weighted by Gasteiger charge is -2.13. The average molecular weight is 358 g/mol. The Balaban J connectivity index is 1.96. The van der Waals surface area contributed by atoms with Gasteiger partial charge in [-0.25, -0.2) is 8.96 Å². The SMILES string of the molecule is O=c1c2ccccc2c(C=Nc2ccc(F)cc2)c(O)n1-c1ccccc1. The summed E-state index contributed by atoms with van der Waals surface area (Å²) < 4.78 is 14.3. The van der Waals surface area contributed by atoms with E-state index in [4.69, 9.17) is 0 Å². The topological polar surface area (TPSA) is 54.6 Å². The molecule has 0 amide bonds. The van der Waals surface area contributed by atoms with Gasteiger partial charge in [-0.15, -0.1) is 0 Å². The summed E-state index contributed by atoms with van der Waals surface area (Å²) in [7, 11) is 0. The molecule has 0 bridgehead atoms. The molecule has 0 aliphatic heterocycles. The Kier molecular flexibility index (Phi) is 4.26. The number of benzene rings is 3. The van der Waals surface area contributed by atoms with Gasteiger partial charge in [-0.05, 0) is 42.5 Å². The van der Waals surface area contributed by atoms with E-state index in [1.807, 2.05) is 6.07 Å². The van der Waals surface area contributed by atoms with Crippen LogP contribution in [0, 0.1) is 5.82 Å². The zero-order valence-corrected chi connectivity index (χ0v) is 14.2. The van der Waals surface area contributed by atoms with Crippen LogP contribution < -0.4 is 5.56 Å². The lowest BCUT2D eigenvalue weighted by Crippen LogP contribution is -2.20. The van der Waals surface area contributed by atoms with Crippen molar-refractivity contribution in [3.8, 4) is 11.6 Å². The minimum Gasteiger partial charge on any atom is -0.494 e. The number of fused-ring (bicyclic) bond motifs is 1. The molecule has 0 radical (unpaired) electrons. The molecule has 132 valence electrons. The Morgan fingerprint density at radius 1 is 0.852 bits per heavy atom. The summed E-state index contributed by atoms with van der Waals surface area (Å²) in [6, 6.07) is 21.7. The van der Waals surface area contributed by atoms with Crippen molar-refractivity contribution in [3.63, 3.8) is 0 Å². The number of rotatable bonds is 3. The number of aromatic hydroxyl groups is 1. The van der Waals surface area contributed by atoms with Gasteiger partial charge in [-0.3, -0.25) is 9.79 Å². The molecule has 0 aliphatic carbocycles.